The molecule has 1 fully saturated rings. The second kappa shape index (κ2) is 7.02. The SMILES string of the molecule is CC(C)CNCc1cc(F)cnc1N1CCCCC1C. The van der Waals surface area contributed by atoms with Crippen molar-refractivity contribution < 1.29 is 4.39 Å². The van der Waals surface area contributed by atoms with Gasteiger partial charge in [-0.25, -0.2) is 9.37 Å². The molecule has 1 aromatic rings. The van der Waals surface area contributed by atoms with E-state index in [4.69, 9.17) is 0 Å². The van der Waals surface area contributed by atoms with E-state index in [1.807, 2.05) is 0 Å². The van der Waals surface area contributed by atoms with E-state index < -0.39 is 0 Å². The smallest absolute Gasteiger partial charge is 0.141 e. The number of hydrogen-bond acceptors (Lipinski definition) is 3. The van der Waals surface area contributed by atoms with Gasteiger partial charge in [-0.05, 0) is 44.7 Å². The quantitative estimate of drug-likeness (QED) is 0.896. The molecule has 112 valence electrons. The average molecular weight is 279 g/mol. The van der Waals surface area contributed by atoms with Gasteiger partial charge in [-0.2, -0.15) is 0 Å². The van der Waals surface area contributed by atoms with Crippen LogP contribution in [-0.4, -0.2) is 24.1 Å². The Morgan fingerprint density at radius 1 is 1.45 bits per heavy atom. The van der Waals surface area contributed by atoms with Crippen molar-refractivity contribution >= 4 is 5.82 Å². The third kappa shape index (κ3) is 3.92. The van der Waals surface area contributed by atoms with Gasteiger partial charge in [0.25, 0.3) is 0 Å². The lowest BCUT2D eigenvalue weighted by Gasteiger charge is -2.35. The van der Waals surface area contributed by atoms with Crippen molar-refractivity contribution in [2.24, 2.45) is 5.92 Å². The number of aromatic nitrogens is 1. The minimum absolute atomic E-state index is 0.250. The molecular weight excluding hydrogens is 253 g/mol. The van der Waals surface area contributed by atoms with Gasteiger partial charge in [0.1, 0.15) is 11.6 Å². The summed E-state index contributed by atoms with van der Waals surface area (Å²) < 4.78 is 13.5. The molecule has 0 saturated carbocycles. The molecule has 0 spiro atoms. The molecule has 3 nitrogen and oxygen atoms in total. The molecule has 0 aliphatic carbocycles. The summed E-state index contributed by atoms with van der Waals surface area (Å²) in [4.78, 5) is 6.69. The van der Waals surface area contributed by atoms with Crippen LogP contribution >= 0.6 is 0 Å². The third-order valence-electron chi connectivity index (χ3n) is 3.85. The van der Waals surface area contributed by atoms with Gasteiger partial charge < -0.3 is 10.2 Å². The molecule has 0 amide bonds. The number of piperidine rings is 1. The van der Waals surface area contributed by atoms with Crippen LogP contribution in [0.25, 0.3) is 0 Å². The number of nitrogens with one attached hydrogen (secondary N) is 1. The lowest BCUT2D eigenvalue weighted by molar-refractivity contribution is 0.477. The topological polar surface area (TPSA) is 28.2 Å². The summed E-state index contributed by atoms with van der Waals surface area (Å²) in [5.41, 5.74) is 0.972. The maximum Gasteiger partial charge on any atom is 0.141 e. The molecular formula is C16H26FN3. The zero-order valence-corrected chi connectivity index (χ0v) is 12.8. The Kier molecular flexibility index (Phi) is 5.35. The van der Waals surface area contributed by atoms with Crippen LogP contribution in [0.5, 0.6) is 0 Å². The number of nitrogens with zero attached hydrogens (tertiary/aromatic N) is 2. The first kappa shape index (κ1) is 15.2. The molecule has 1 aliphatic rings. The van der Waals surface area contributed by atoms with Crippen molar-refractivity contribution in [1.29, 1.82) is 0 Å². The van der Waals surface area contributed by atoms with Gasteiger partial charge in [0.05, 0.1) is 6.20 Å². The average Bonchev–Trinajstić information content (AvgIpc) is 2.40. The molecule has 1 unspecified atom stereocenters. The van der Waals surface area contributed by atoms with E-state index in [-0.39, 0.29) is 5.82 Å². The Labute approximate surface area is 121 Å². The van der Waals surface area contributed by atoms with Crippen LogP contribution in [0, 0.1) is 11.7 Å². The molecule has 20 heavy (non-hydrogen) atoms. The van der Waals surface area contributed by atoms with E-state index in [2.05, 4.69) is 36.0 Å². The lowest BCUT2D eigenvalue weighted by Crippen LogP contribution is -2.39. The summed E-state index contributed by atoms with van der Waals surface area (Å²) in [5, 5.41) is 3.39. The number of halogens is 1. The van der Waals surface area contributed by atoms with E-state index in [0.717, 1.165) is 24.5 Å². The summed E-state index contributed by atoms with van der Waals surface area (Å²) in [6.07, 6.45) is 5.00. The first-order valence-corrected chi connectivity index (χ1v) is 7.69. The molecule has 1 atom stereocenters. The van der Waals surface area contributed by atoms with E-state index >= 15 is 0 Å². The highest BCUT2D eigenvalue weighted by Crippen LogP contribution is 2.26. The van der Waals surface area contributed by atoms with Crippen molar-refractivity contribution in [1.82, 2.24) is 10.3 Å². The van der Waals surface area contributed by atoms with Crippen LogP contribution in [0.1, 0.15) is 45.6 Å². The second-order valence-electron chi connectivity index (χ2n) is 6.20. The zero-order valence-electron chi connectivity index (χ0n) is 12.8. The fourth-order valence-corrected chi connectivity index (χ4v) is 2.77. The summed E-state index contributed by atoms with van der Waals surface area (Å²) in [5.74, 6) is 1.29. The first-order chi connectivity index (χ1) is 9.58. The largest absolute Gasteiger partial charge is 0.354 e. The molecule has 0 aromatic carbocycles. The summed E-state index contributed by atoms with van der Waals surface area (Å²) >= 11 is 0. The van der Waals surface area contributed by atoms with Gasteiger partial charge in [-0.3, -0.25) is 0 Å². The maximum absolute atomic E-state index is 13.5. The van der Waals surface area contributed by atoms with Gasteiger partial charge in [0, 0.05) is 24.7 Å². The van der Waals surface area contributed by atoms with E-state index in [1.54, 1.807) is 6.07 Å². The fraction of sp³-hybridized carbons (Fsp3) is 0.688. The van der Waals surface area contributed by atoms with Crippen LogP contribution in [0.15, 0.2) is 12.3 Å². The predicted molar refractivity (Wildman–Crippen MR) is 81.4 cm³/mol. The molecule has 4 heteroatoms. The Morgan fingerprint density at radius 2 is 2.25 bits per heavy atom. The highest BCUT2D eigenvalue weighted by Gasteiger charge is 2.22. The molecule has 1 N–H and O–H groups in total. The first-order valence-electron chi connectivity index (χ1n) is 7.69. The lowest BCUT2D eigenvalue weighted by atomic mass is 10.0. The van der Waals surface area contributed by atoms with E-state index in [1.165, 1.54) is 25.5 Å². The molecule has 0 radical (unpaired) electrons. The monoisotopic (exact) mass is 279 g/mol. The van der Waals surface area contributed by atoms with E-state index in [0.29, 0.717) is 18.5 Å². The molecule has 1 saturated heterocycles. The molecule has 2 rings (SSSR count). The minimum Gasteiger partial charge on any atom is -0.354 e. The van der Waals surface area contributed by atoms with Crippen molar-refractivity contribution in [2.75, 3.05) is 18.0 Å². The van der Waals surface area contributed by atoms with E-state index in [9.17, 15) is 4.39 Å². The predicted octanol–water partition coefficient (Wildman–Crippen LogP) is 3.35. The standard InChI is InChI=1S/C16H26FN3/c1-12(2)9-18-10-14-8-15(17)11-19-16(14)20-7-5-4-6-13(20)3/h8,11-13,18H,4-7,9-10H2,1-3H3. The third-order valence-corrected chi connectivity index (χ3v) is 3.85. The Bertz CT molecular complexity index is 434. The number of hydrogen-bond donors (Lipinski definition) is 1. The van der Waals surface area contributed by atoms with Crippen molar-refractivity contribution in [3.8, 4) is 0 Å². The summed E-state index contributed by atoms with van der Waals surface area (Å²) in [6, 6.07) is 2.11. The molecule has 1 aliphatic heterocycles. The van der Waals surface area contributed by atoms with Gasteiger partial charge >= 0.3 is 0 Å². The highest BCUT2D eigenvalue weighted by atomic mass is 19.1. The van der Waals surface area contributed by atoms with Crippen LogP contribution in [0.3, 0.4) is 0 Å². The Balaban J connectivity index is 2.14. The molecule has 0 bridgehead atoms. The summed E-state index contributed by atoms with van der Waals surface area (Å²) in [6.45, 7) is 9.22. The fourth-order valence-electron chi connectivity index (χ4n) is 2.77. The number of anilines is 1. The van der Waals surface area contributed by atoms with Crippen LogP contribution in [0.4, 0.5) is 10.2 Å². The van der Waals surface area contributed by atoms with Gasteiger partial charge in [-0.15, -0.1) is 0 Å². The van der Waals surface area contributed by atoms with Gasteiger partial charge in [0.15, 0.2) is 0 Å². The maximum atomic E-state index is 13.5. The van der Waals surface area contributed by atoms with Crippen molar-refractivity contribution in [3.63, 3.8) is 0 Å². The van der Waals surface area contributed by atoms with Crippen molar-refractivity contribution in [2.45, 2.75) is 52.6 Å². The Morgan fingerprint density at radius 3 is 2.95 bits per heavy atom. The van der Waals surface area contributed by atoms with Crippen LogP contribution in [-0.2, 0) is 6.54 Å². The normalized spacial score (nSPS) is 19.6. The van der Waals surface area contributed by atoms with Crippen molar-refractivity contribution in [3.05, 3.63) is 23.6 Å². The van der Waals surface area contributed by atoms with Gasteiger partial charge in [0.2, 0.25) is 0 Å². The summed E-state index contributed by atoms with van der Waals surface area (Å²) in [7, 11) is 0. The second-order valence-corrected chi connectivity index (χ2v) is 6.20. The zero-order chi connectivity index (χ0) is 14.5. The van der Waals surface area contributed by atoms with Crippen LogP contribution < -0.4 is 10.2 Å². The van der Waals surface area contributed by atoms with Crippen LogP contribution in [0.2, 0.25) is 0 Å². The number of pyridine rings is 1. The molecule has 2 heterocycles. The number of rotatable bonds is 5. The van der Waals surface area contributed by atoms with Gasteiger partial charge in [-0.1, -0.05) is 13.8 Å². The minimum atomic E-state index is -0.250. The molecule has 1 aromatic heterocycles. The highest BCUT2D eigenvalue weighted by molar-refractivity contribution is 5.48. The Hall–Kier alpha value is -1.16.